The zero-order valence-electron chi connectivity index (χ0n) is 22.4. The van der Waals surface area contributed by atoms with Crippen LogP contribution in [0.4, 0.5) is 13.2 Å². The first kappa shape index (κ1) is 28.4. The van der Waals surface area contributed by atoms with Crippen molar-refractivity contribution < 1.29 is 35.9 Å². The average molecular weight is 580 g/mol. The smallest absolute Gasteiger partial charge is 0.471 e. The van der Waals surface area contributed by atoms with Crippen molar-refractivity contribution in [3.8, 4) is 5.75 Å². The van der Waals surface area contributed by atoms with Crippen LogP contribution in [0.25, 0.3) is 0 Å². The number of carbonyl (C=O) groups excluding carboxylic acids is 2. The summed E-state index contributed by atoms with van der Waals surface area (Å²) in [6, 6.07) is 14.3. The van der Waals surface area contributed by atoms with Gasteiger partial charge in [-0.3, -0.25) is 14.5 Å². The minimum atomic E-state index is -5.22. The molecule has 1 saturated carbocycles. The SMILES string of the molecule is COc1ccc(CCN2C(=O)C3(CCN(S(C)(=O)=O)CC3)N(C(=O)C(F)(F)F)C2c2ccc(C3CC3)cc2)cc1. The third kappa shape index (κ3) is 5.30. The molecule has 0 bridgehead atoms. The lowest BCUT2D eigenvalue weighted by atomic mass is 9.86. The number of sulfonamides is 1. The van der Waals surface area contributed by atoms with E-state index in [1.807, 2.05) is 24.3 Å². The molecule has 2 aromatic rings. The highest BCUT2D eigenvalue weighted by molar-refractivity contribution is 7.88. The molecule has 12 heteroatoms. The van der Waals surface area contributed by atoms with Crippen LogP contribution in [0.5, 0.6) is 5.75 Å². The number of alkyl halides is 3. The third-order valence-electron chi connectivity index (χ3n) is 8.22. The summed E-state index contributed by atoms with van der Waals surface area (Å²) in [7, 11) is -2.08. The quantitative estimate of drug-likeness (QED) is 0.498. The molecular formula is C28H32F3N3O5S. The van der Waals surface area contributed by atoms with E-state index in [4.69, 9.17) is 4.74 Å². The molecule has 2 aromatic carbocycles. The normalized spacial score (nSPS) is 21.7. The number of hydrogen-bond donors (Lipinski definition) is 0. The molecule has 2 aliphatic heterocycles. The van der Waals surface area contributed by atoms with Gasteiger partial charge in [0.05, 0.1) is 13.4 Å². The number of ether oxygens (including phenoxy) is 1. The van der Waals surface area contributed by atoms with Gasteiger partial charge in [-0.05, 0) is 66.8 Å². The minimum Gasteiger partial charge on any atom is -0.497 e. The van der Waals surface area contributed by atoms with Gasteiger partial charge in [-0.2, -0.15) is 13.2 Å². The van der Waals surface area contributed by atoms with Crippen LogP contribution in [0.2, 0.25) is 0 Å². The molecule has 40 heavy (non-hydrogen) atoms. The first-order chi connectivity index (χ1) is 18.8. The van der Waals surface area contributed by atoms with Crippen molar-refractivity contribution in [2.45, 2.75) is 55.9 Å². The van der Waals surface area contributed by atoms with Gasteiger partial charge in [0, 0.05) is 19.6 Å². The van der Waals surface area contributed by atoms with Gasteiger partial charge in [-0.15, -0.1) is 0 Å². The molecular weight excluding hydrogens is 547 g/mol. The van der Waals surface area contributed by atoms with Gasteiger partial charge in [0.25, 0.3) is 5.91 Å². The Bertz CT molecular complexity index is 1370. The summed E-state index contributed by atoms with van der Waals surface area (Å²) in [6.07, 6.45) is -3.50. The Morgan fingerprint density at radius 3 is 2.08 bits per heavy atom. The largest absolute Gasteiger partial charge is 0.497 e. The van der Waals surface area contributed by atoms with Crippen LogP contribution in [0.15, 0.2) is 48.5 Å². The first-order valence-corrected chi connectivity index (χ1v) is 15.1. The van der Waals surface area contributed by atoms with Crippen molar-refractivity contribution >= 4 is 21.8 Å². The first-order valence-electron chi connectivity index (χ1n) is 13.2. The molecule has 1 spiro atoms. The van der Waals surface area contributed by atoms with Gasteiger partial charge >= 0.3 is 12.1 Å². The Morgan fingerprint density at radius 1 is 1.00 bits per heavy atom. The summed E-state index contributed by atoms with van der Waals surface area (Å²) in [5.74, 6) is -1.63. The lowest BCUT2D eigenvalue weighted by Crippen LogP contribution is -2.60. The second kappa shape index (κ2) is 10.4. The van der Waals surface area contributed by atoms with E-state index in [-0.39, 0.29) is 32.5 Å². The number of halogens is 3. The van der Waals surface area contributed by atoms with Gasteiger partial charge in [-0.1, -0.05) is 36.4 Å². The second-order valence-corrected chi connectivity index (χ2v) is 12.8. The maximum absolute atomic E-state index is 14.1. The molecule has 2 heterocycles. The van der Waals surface area contributed by atoms with Crippen molar-refractivity contribution in [2.75, 3.05) is 33.0 Å². The van der Waals surface area contributed by atoms with E-state index in [0.717, 1.165) is 34.5 Å². The van der Waals surface area contributed by atoms with Crippen LogP contribution in [0.3, 0.4) is 0 Å². The number of hydrogen-bond acceptors (Lipinski definition) is 5. The Hall–Kier alpha value is -3.12. The van der Waals surface area contributed by atoms with Crippen LogP contribution in [0.1, 0.15) is 54.5 Å². The van der Waals surface area contributed by atoms with E-state index >= 15 is 0 Å². The van der Waals surface area contributed by atoms with Crippen LogP contribution < -0.4 is 4.74 Å². The number of piperidine rings is 1. The second-order valence-electron chi connectivity index (χ2n) is 10.8. The number of methoxy groups -OCH3 is 1. The summed E-state index contributed by atoms with van der Waals surface area (Å²) in [5.41, 5.74) is 0.515. The highest BCUT2D eigenvalue weighted by Gasteiger charge is 2.64. The Kier molecular flexibility index (Phi) is 7.37. The van der Waals surface area contributed by atoms with E-state index in [0.29, 0.717) is 28.6 Å². The molecule has 0 radical (unpaired) electrons. The molecule has 8 nitrogen and oxygen atoms in total. The van der Waals surface area contributed by atoms with Gasteiger partial charge < -0.3 is 9.64 Å². The summed E-state index contributed by atoms with van der Waals surface area (Å²) in [5, 5.41) is 0. The van der Waals surface area contributed by atoms with Crippen LogP contribution >= 0.6 is 0 Å². The molecule has 2 amide bonds. The van der Waals surface area contributed by atoms with Crippen molar-refractivity contribution in [2.24, 2.45) is 0 Å². The van der Waals surface area contributed by atoms with E-state index in [1.54, 1.807) is 24.3 Å². The lowest BCUT2D eigenvalue weighted by Gasteiger charge is -2.43. The van der Waals surface area contributed by atoms with E-state index in [1.165, 1.54) is 12.0 Å². The predicted octanol–water partition coefficient (Wildman–Crippen LogP) is 3.84. The molecule has 5 rings (SSSR count). The summed E-state index contributed by atoms with van der Waals surface area (Å²) in [6.45, 7) is -0.253. The Balaban J connectivity index is 1.55. The van der Waals surface area contributed by atoms with Crippen molar-refractivity contribution in [3.63, 3.8) is 0 Å². The number of nitrogens with zero attached hydrogens (tertiary/aromatic N) is 3. The van der Waals surface area contributed by atoms with Crippen molar-refractivity contribution in [1.82, 2.24) is 14.1 Å². The molecule has 0 N–H and O–H groups in total. The van der Waals surface area contributed by atoms with Crippen LogP contribution in [-0.4, -0.2) is 79.1 Å². The fourth-order valence-electron chi connectivity index (χ4n) is 5.89. The lowest BCUT2D eigenvalue weighted by molar-refractivity contribution is -0.194. The highest BCUT2D eigenvalue weighted by atomic mass is 32.2. The van der Waals surface area contributed by atoms with Gasteiger partial charge in [0.2, 0.25) is 10.0 Å². The van der Waals surface area contributed by atoms with Gasteiger partial charge in [0.15, 0.2) is 0 Å². The van der Waals surface area contributed by atoms with E-state index in [9.17, 15) is 31.2 Å². The minimum absolute atomic E-state index is 0.0688. The summed E-state index contributed by atoms with van der Waals surface area (Å²) < 4.78 is 73.0. The van der Waals surface area contributed by atoms with Crippen molar-refractivity contribution in [3.05, 3.63) is 65.2 Å². The molecule has 3 fully saturated rings. The number of amides is 2. The van der Waals surface area contributed by atoms with Crippen molar-refractivity contribution in [1.29, 1.82) is 0 Å². The van der Waals surface area contributed by atoms with E-state index < -0.39 is 39.7 Å². The summed E-state index contributed by atoms with van der Waals surface area (Å²) in [4.78, 5) is 29.3. The Morgan fingerprint density at radius 2 is 1.57 bits per heavy atom. The predicted molar refractivity (Wildman–Crippen MR) is 141 cm³/mol. The maximum atomic E-state index is 14.1. The maximum Gasteiger partial charge on any atom is 0.471 e. The zero-order chi connectivity index (χ0) is 28.9. The molecule has 3 aliphatic rings. The third-order valence-corrected chi connectivity index (χ3v) is 9.53. The molecule has 1 atom stereocenters. The average Bonchev–Trinajstić information content (AvgIpc) is 3.74. The number of rotatable bonds is 7. The standard InChI is InChI=1S/C28H32F3N3O5S/c1-39-23-11-3-19(4-12-23)13-16-33-24(22-9-7-21(8-10-22)20-5-6-20)34(26(36)28(29,30)31)27(25(33)35)14-17-32(18-15-27)40(2,37)38/h3-4,7-12,20,24H,5-6,13-18H2,1-2H3. The molecule has 1 unspecified atom stereocenters. The highest BCUT2D eigenvalue weighted by Crippen LogP contribution is 2.48. The van der Waals surface area contributed by atoms with Crippen LogP contribution in [0, 0.1) is 0 Å². The van der Waals surface area contributed by atoms with Crippen LogP contribution in [-0.2, 0) is 26.0 Å². The molecule has 2 saturated heterocycles. The number of benzene rings is 2. The monoisotopic (exact) mass is 579 g/mol. The Labute approximate surface area is 231 Å². The molecule has 1 aliphatic carbocycles. The molecule has 216 valence electrons. The zero-order valence-corrected chi connectivity index (χ0v) is 23.2. The topological polar surface area (TPSA) is 87.2 Å². The fraction of sp³-hybridized carbons (Fsp3) is 0.500. The van der Waals surface area contributed by atoms with Gasteiger partial charge in [0.1, 0.15) is 17.5 Å². The number of carbonyl (C=O) groups is 2. The van der Waals surface area contributed by atoms with Gasteiger partial charge in [-0.25, -0.2) is 12.7 Å². The molecule has 0 aromatic heterocycles. The van der Waals surface area contributed by atoms with E-state index in [2.05, 4.69) is 0 Å². The summed E-state index contributed by atoms with van der Waals surface area (Å²) >= 11 is 0. The fourth-order valence-corrected chi connectivity index (χ4v) is 6.74.